The van der Waals surface area contributed by atoms with Crippen molar-refractivity contribution >= 4 is 0 Å². The van der Waals surface area contributed by atoms with Gasteiger partial charge in [0.25, 0.3) is 0 Å². The Balaban J connectivity index is 0. The van der Waals surface area contributed by atoms with Gasteiger partial charge in [-0.15, -0.1) is 6.58 Å². The van der Waals surface area contributed by atoms with Crippen molar-refractivity contribution in [1.29, 1.82) is 0 Å². The molecular formula is C15H33N. The van der Waals surface area contributed by atoms with E-state index >= 15 is 0 Å². The summed E-state index contributed by atoms with van der Waals surface area (Å²) in [6, 6.07) is 0. The van der Waals surface area contributed by atoms with Gasteiger partial charge in [-0.25, -0.2) is 0 Å². The molecule has 0 aliphatic rings. The largest absolute Gasteiger partial charge is 0.344 e. The molecule has 98 valence electrons. The first-order valence-corrected chi connectivity index (χ1v) is 6.65. The van der Waals surface area contributed by atoms with E-state index in [-0.39, 0.29) is 6.15 Å². The summed E-state index contributed by atoms with van der Waals surface area (Å²) >= 11 is 0. The van der Waals surface area contributed by atoms with Crippen LogP contribution in [-0.2, 0) is 0 Å². The van der Waals surface area contributed by atoms with Crippen molar-refractivity contribution in [2.75, 3.05) is 0 Å². The lowest BCUT2D eigenvalue weighted by Gasteiger charge is -2.30. The van der Waals surface area contributed by atoms with Crippen LogP contribution in [0.15, 0.2) is 12.7 Å². The van der Waals surface area contributed by atoms with E-state index in [4.69, 9.17) is 0 Å². The number of rotatable bonds is 9. The van der Waals surface area contributed by atoms with Gasteiger partial charge < -0.3 is 6.15 Å². The van der Waals surface area contributed by atoms with Crippen molar-refractivity contribution in [2.45, 2.75) is 72.6 Å². The van der Waals surface area contributed by atoms with Gasteiger partial charge in [-0.2, -0.15) is 0 Å². The fourth-order valence-corrected chi connectivity index (χ4v) is 2.43. The molecule has 0 saturated heterocycles. The summed E-state index contributed by atoms with van der Waals surface area (Å²) in [5, 5.41) is 0. The van der Waals surface area contributed by atoms with Gasteiger partial charge in [0.2, 0.25) is 0 Å². The molecule has 0 rings (SSSR count). The topological polar surface area (TPSA) is 35.0 Å². The van der Waals surface area contributed by atoms with E-state index in [0.717, 1.165) is 5.92 Å². The van der Waals surface area contributed by atoms with E-state index in [1.165, 1.54) is 44.9 Å². The monoisotopic (exact) mass is 227 g/mol. The number of hydrogen-bond acceptors (Lipinski definition) is 1. The zero-order valence-electron chi connectivity index (χ0n) is 12.0. The molecule has 0 radical (unpaired) electrons. The molecule has 0 heterocycles. The van der Waals surface area contributed by atoms with Crippen LogP contribution >= 0.6 is 0 Å². The Hall–Kier alpha value is -0.300. The maximum atomic E-state index is 3.76. The Morgan fingerprint density at radius 3 is 2.25 bits per heavy atom. The predicted octanol–water partition coefficient (Wildman–Crippen LogP) is 5.75. The van der Waals surface area contributed by atoms with Crippen molar-refractivity contribution in [3.05, 3.63) is 12.7 Å². The van der Waals surface area contributed by atoms with Crippen LogP contribution in [0.2, 0.25) is 0 Å². The number of allylic oxidation sites excluding steroid dienone is 1. The molecule has 0 aliphatic carbocycles. The van der Waals surface area contributed by atoms with E-state index in [1.54, 1.807) is 0 Å². The summed E-state index contributed by atoms with van der Waals surface area (Å²) in [5.41, 5.74) is 0.586. The molecule has 1 atom stereocenters. The van der Waals surface area contributed by atoms with Crippen LogP contribution in [0.1, 0.15) is 72.6 Å². The second-order valence-electron chi connectivity index (χ2n) is 5.65. The van der Waals surface area contributed by atoms with E-state index in [9.17, 15) is 0 Å². The lowest BCUT2D eigenvalue weighted by molar-refractivity contribution is 0.218. The average Bonchev–Trinajstić information content (AvgIpc) is 2.16. The molecule has 3 N–H and O–H groups in total. The van der Waals surface area contributed by atoms with Gasteiger partial charge in [0.05, 0.1) is 0 Å². The first-order valence-electron chi connectivity index (χ1n) is 6.65. The number of hydrogen-bond donors (Lipinski definition) is 1. The van der Waals surface area contributed by atoms with Crippen LogP contribution in [0.5, 0.6) is 0 Å². The summed E-state index contributed by atoms with van der Waals surface area (Å²) in [4.78, 5) is 0. The highest BCUT2D eigenvalue weighted by Crippen LogP contribution is 2.35. The Morgan fingerprint density at radius 2 is 1.81 bits per heavy atom. The highest BCUT2D eigenvalue weighted by atomic mass is 14.3. The van der Waals surface area contributed by atoms with Crippen LogP contribution in [-0.4, -0.2) is 0 Å². The number of unbranched alkanes of at least 4 members (excludes halogenated alkanes) is 3. The lowest BCUT2D eigenvalue weighted by atomic mass is 9.76. The van der Waals surface area contributed by atoms with Crippen LogP contribution < -0.4 is 6.15 Å². The smallest absolute Gasteiger partial charge is 0.0326 e. The maximum Gasteiger partial charge on any atom is -0.0326 e. The molecule has 0 saturated carbocycles. The standard InChI is InChI=1S/C15H30.H3N/c1-6-8-9-10-11-12-15(5,7-2)13-14(3)4;/h6,14H,1,7-13H2,2-5H3;1H3. The fraction of sp³-hybridized carbons (Fsp3) is 0.867. The van der Waals surface area contributed by atoms with Gasteiger partial charge in [0.15, 0.2) is 0 Å². The van der Waals surface area contributed by atoms with Gasteiger partial charge in [-0.05, 0) is 37.0 Å². The normalized spacial score (nSPS) is 14.3. The van der Waals surface area contributed by atoms with Crippen LogP contribution in [0.25, 0.3) is 0 Å². The quantitative estimate of drug-likeness (QED) is 0.395. The van der Waals surface area contributed by atoms with Crippen molar-refractivity contribution in [3.8, 4) is 0 Å². The predicted molar refractivity (Wildman–Crippen MR) is 76.2 cm³/mol. The third-order valence-electron chi connectivity index (χ3n) is 3.44. The molecule has 0 spiro atoms. The maximum absolute atomic E-state index is 3.76. The Labute approximate surface area is 103 Å². The fourth-order valence-electron chi connectivity index (χ4n) is 2.43. The van der Waals surface area contributed by atoms with Gasteiger partial charge in [-0.1, -0.05) is 53.0 Å². The molecule has 1 unspecified atom stereocenters. The second-order valence-corrected chi connectivity index (χ2v) is 5.65. The molecule has 0 amide bonds. The SMILES string of the molecule is C=CCCCCCC(C)(CC)CC(C)C.N. The molecule has 16 heavy (non-hydrogen) atoms. The molecule has 0 aromatic carbocycles. The Morgan fingerprint density at radius 1 is 1.19 bits per heavy atom. The first kappa shape index (κ1) is 18.1. The van der Waals surface area contributed by atoms with E-state index in [0.29, 0.717) is 5.41 Å². The van der Waals surface area contributed by atoms with Crippen LogP contribution in [0.3, 0.4) is 0 Å². The highest BCUT2D eigenvalue weighted by molar-refractivity contribution is 4.74. The van der Waals surface area contributed by atoms with Gasteiger partial charge >= 0.3 is 0 Å². The summed E-state index contributed by atoms with van der Waals surface area (Å²) < 4.78 is 0. The minimum Gasteiger partial charge on any atom is -0.344 e. The Bertz CT molecular complexity index is 163. The van der Waals surface area contributed by atoms with Gasteiger partial charge in [0.1, 0.15) is 0 Å². The third-order valence-corrected chi connectivity index (χ3v) is 3.44. The second kappa shape index (κ2) is 9.89. The Kier molecular flexibility index (Phi) is 11.2. The average molecular weight is 227 g/mol. The minimum atomic E-state index is 0. The molecule has 0 aromatic heterocycles. The van der Waals surface area contributed by atoms with Crippen molar-refractivity contribution < 1.29 is 0 Å². The summed E-state index contributed by atoms with van der Waals surface area (Å²) in [5.74, 6) is 0.836. The molecule has 1 nitrogen and oxygen atoms in total. The van der Waals surface area contributed by atoms with Crippen LogP contribution in [0.4, 0.5) is 0 Å². The third kappa shape index (κ3) is 8.96. The summed E-state index contributed by atoms with van der Waals surface area (Å²) in [6.07, 6.45) is 11.4. The summed E-state index contributed by atoms with van der Waals surface area (Å²) in [7, 11) is 0. The van der Waals surface area contributed by atoms with E-state index < -0.39 is 0 Å². The summed E-state index contributed by atoms with van der Waals surface area (Å²) in [6.45, 7) is 13.2. The molecule has 0 aromatic rings. The molecular weight excluding hydrogens is 194 g/mol. The molecule has 1 heteroatoms. The van der Waals surface area contributed by atoms with Crippen molar-refractivity contribution in [3.63, 3.8) is 0 Å². The molecule has 0 fully saturated rings. The zero-order valence-corrected chi connectivity index (χ0v) is 12.0. The highest BCUT2D eigenvalue weighted by Gasteiger charge is 2.22. The van der Waals surface area contributed by atoms with E-state index in [1.807, 2.05) is 6.08 Å². The first-order chi connectivity index (χ1) is 7.04. The lowest BCUT2D eigenvalue weighted by Crippen LogP contribution is -2.17. The van der Waals surface area contributed by atoms with Crippen molar-refractivity contribution in [1.82, 2.24) is 6.15 Å². The van der Waals surface area contributed by atoms with E-state index in [2.05, 4.69) is 34.3 Å². The minimum absolute atomic E-state index is 0. The van der Waals surface area contributed by atoms with Gasteiger partial charge in [0, 0.05) is 0 Å². The van der Waals surface area contributed by atoms with Crippen molar-refractivity contribution in [2.24, 2.45) is 11.3 Å². The van der Waals surface area contributed by atoms with Gasteiger partial charge in [-0.3, -0.25) is 0 Å². The van der Waals surface area contributed by atoms with Crippen LogP contribution in [0, 0.1) is 11.3 Å². The molecule has 0 aliphatic heterocycles. The zero-order chi connectivity index (χ0) is 11.7. The molecule has 0 bridgehead atoms.